The SMILES string of the molecule is Cc1ncc(C(=O)NC(Cc2ccco2)C(=O)C(N)=O)n1-c1ccccc1. The van der Waals surface area contributed by atoms with Crippen molar-refractivity contribution in [1.82, 2.24) is 14.9 Å². The third-order valence-corrected chi connectivity index (χ3v) is 4.04. The van der Waals surface area contributed by atoms with E-state index >= 15 is 0 Å². The van der Waals surface area contributed by atoms with E-state index in [1.165, 1.54) is 12.5 Å². The zero-order valence-electron chi connectivity index (χ0n) is 14.6. The van der Waals surface area contributed by atoms with Crippen molar-refractivity contribution < 1.29 is 18.8 Å². The molecule has 8 heteroatoms. The predicted octanol–water partition coefficient (Wildman–Crippen LogP) is 1.17. The van der Waals surface area contributed by atoms with Crippen LogP contribution < -0.4 is 11.1 Å². The molecule has 1 aromatic carbocycles. The zero-order valence-corrected chi connectivity index (χ0v) is 14.6. The molecular weight excluding hydrogens is 348 g/mol. The summed E-state index contributed by atoms with van der Waals surface area (Å²) in [5.74, 6) is -1.52. The fraction of sp³-hybridized carbons (Fsp3) is 0.158. The first-order valence-corrected chi connectivity index (χ1v) is 8.24. The highest BCUT2D eigenvalue weighted by Crippen LogP contribution is 2.15. The van der Waals surface area contributed by atoms with E-state index in [9.17, 15) is 14.4 Å². The average Bonchev–Trinajstić information content (AvgIpc) is 3.30. The van der Waals surface area contributed by atoms with Gasteiger partial charge in [0.1, 0.15) is 23.3 Å². The number of para-hydroxylation sites is 1. The summed E-state index contributed by atoms with van der Waals surface area (Å²) in [5, 5.41) is 2.57. The maximum atomic E-state index is 12.8. The van der Waals surface area contributed by atoms with E-state index in [0.717, 1.165) is 5.69 Å². The van der Waals surface area contributed by atoms with Crippen LogP contribution in [0, 0.1) is 6.92 Å². The molecule has 27 heavy (non-hydrogen) atoms. The number of furan rings is 1. The molecule has 0 fully saturated rings. The van der Waals surface area contributed by atoms with Crippen LogP contribution in [0.2, 0.25) is 0 Å². The molecule has 0 aliphatic rings. The normalized spacial score (nSPS) is 11.7. The molecule has 8 nitrogen and oxygen atoms in total. The van der Waals surface area contributed by atoms with Crippen molar-refractivity contribution in [2.75, 3.05) is 0 Å². The molecule has 2 amide bonds. The fourth-order valence-corrected chi connectivity index (χ4v) is 2.75. The summed E-state index contributed by atoms with van der Waals surface area (Å²) in [6.45, 7) is 1.76. The quantitative estimate of drug-likeness (QED) is 0.608. The summed E-state index contributed by atoms with van der Waals surface area (Å²) in [6.07, 6.45) is 2.87. The van der Waals surface area contributed by atoms with Crippen LogP contribution in [0.3, 0.4) is 0 Å². The molecule has 1 atom stereocenters. The number of Topliss-reactive ketones (excluding diaryl/α,β-unsaturated/α-hetero) is 1. The van der Waals surface area contributed by atoms with Crippen molar-refractivity contribution in [2.45, 2.75) is 19.4 Å². The van der Waals surface area contributed by atoms with Gasteiger partial charge in [0.25, 0.3) is 11.8 Å². The Kier molecular flexibility index (Phi) is 5.16. The molecule has 0 aliphatic carbocycles. The van der Waals surface area contributed by atoms with E-state index in [1.807, 2.05) is 30.3 Å². The van der Waals surface area contributed by atoms with Gasteiger partial charge in [-0.05, 0) is 31.2 Å². The largest absolute Gasteiger partial charge is 0.469 e. The molecule has 0 aliphatic heterocycles. The van der Waals surface area contributed by atoms with Crippen LogP contribution in [0.25, 0.3) is 5.69 Å². The summed E-state index contributed by atoms with van der Waals surface area (Å²) in [7, 11) is 0. The Morgan fingerprint density at radius 3 is 2.56 bits per heavy atom. The van der Waals surface area contributed by atoms with Crippen molar-refractivity contribution in [3.05, 3.63) is 72.2 Å². The zero-order chi connectivity index (χ0) is 19.4. The summed E-state index contributed by atoms with van der Waals surface area (Å²) in [4.78, 5) is 40.5. The van der Waals surface area contributed by atoms with E-state index in [4.69, 9.17) is 10.2 Å². The lowest BCUT2D eigenvalue weighted by atomic mass is 10.1. The highest BCUT2D eigenvalue weighted by atomic mass is 16.3. The number of benzene rings is 1. The van der Waals surface area contributed by atoms with Gasteiger partial charge in [0, 0.05) is 12.1 Å². The van der Waals surface area contributed by atoms with Crippen LogP contribution in [0.5, 0.6) is 0 Å². The van der Waals surface area contributed by atoms with Gasteiger partial charge in [-0.1, -0.05) is 18.2 Å². The van der Waals surface area contributed by atoms with Crippen LogP contribution in [0.1, 0.15) is 22.1 Å². The topological polar surface area (TPSA) is 120 Å². The van der Waals surface area contributed by atoms with Gasteiger partial charge >= 0.3 is 0 Å². The maximum Gasteiger partial charge on any atom is 0.287 e. The number of imidazole rings is 1. The number of nitrogens with one attached hydrogen (secondary N) is 1. The lowest BCUT2D eigenvalue weighted by Crippen LogP contribution is -2.47. The second-order valence-corrected chi connectivity index (χ2v) is 5.90. The van der Waals surface area contributed by atoms with E-state index in [1.54, 1.807) is 23.6 Å². The molecule has 2 heterocycles. The summed E-state index contributed by atoms with van der Waals surface area (Å²) >= 11 is 0. The minimum atomic E-state index is -1.14. The molecule has 138 valence electrons. The molecule has 0 radical (unpaired) electrons. The number of carbonyl (C=O) groups is 3. The van der Waals surface area contributed by atoms with Gasteiger partial charge < -0.3 is 15.5 Å². The van der Waals surface area contributed by atoms with Gasteiger partial charge in [-0.15, -0.1) is 0 Å². The first kappa shape index (κ1) is 18.1. The smallest absolute Gasteiger partial charge is 0.287 e. The average molecular weight is 366 g/mol. The highest BCUT2D eigenvalue weighted by Gasteiger charge is 2.28. The number of ketones is 1. The third kappa shape index (κ3) is 3.95. The number of carbonyl (C=O) groups excluding carboxylic acids is 3. The molecule has 0 saturated heterocycles. The Hall–Kier alpha value is -3.68. The van der Waals surface area contributed by atoms with Gasteiger partial charge in [0.2, 0.25) is 5.78 Å². The van der Waals surface area contributed by atoms with Crippen molar-refractivity contribution in [2.24, 2.45) is 5.73 Å². The number of primary amides is 1. The highest BCUT2D eigenvalue weighted by molar-refractivity contribution is 6.38. The second-order valence-electron chi connectivity index (χ2n) is 5.90. The standard InChI is InChI=1S/C19H18N4O4/c1-12-21-11-16(23(12)13-6-3-2-4-7-13)19(26)22-15(17(24)18(20)25)10-14-8-5-9-27-14/h2-9,11,15H,10H2,1H3,(H2,20,25)(H,22,26). The van der Waals surface area contributed by atoms with E-state index in [0.29, 0.717) is 11.6 Å². The Morgan fingerprint density at radius 2 is 1.93 bits per heavy atom. The molecule has 0 spiro atoms. The Balaban J connectivity index is 1.88. The van der Waals surface area contributed by atoms with E-state index in [2.05, 4.69) is 10.3 Å². The number of aromatic nitrogens is 2. The van der Waals surface area contributed by atoms with Gasteiger partial charge in [-0.2, -0.15) is 0 Å². The number of amides is 2. The number of hydrogen-bond acceptors (Lipinski definition) is 5. The Bertz CT molecular complexity index is 961. The number of rotatable bonds is 7. The van der Waals surface area contributed by atoms with Gasteiger partial charge in [-0.25, -0.2) is 4.98 Å². The first-order chi connectivity index (χ1) is 13.0. The van der Waals surface area contributed by atoms with Crippen LogP contribution in [-0.2, 0) is 16.0 Å². The number of hydrogen-bond donors (Lipinski definition) is 2. The predicted molar refractivity (Wildman–Crippen MR) is 96.2 cm³/mol. The summed E-state index contributed by atoms with van der Waals surface area (Å²) < 4.78 is 6.87. The third-order valence-electron chi connectivity index (χ3n) is 4.04. The molecule has 0 saturated carbocycles. The maximum absolute atomic E-state index is 12.8. The van der Waals surface area contributed by atoms with Crippen molar-refractivity contribution in [3.63, 3.8) is 0 Å². The van der Waals surface area contributed by atoms with E-state index < -0.39 is 23.6 Å². The number of aryl methyl sites for hydroxylation is 1. The van der Waals surface area contributed by atoms with Crippen molar-refractivity contribution in [1.29, 1.82) is 0 Å². The fourth-order valence-electron chi connectivity index (χ4n) is 2.75. The van der Waals surface area contributed by atoms with E-state index in [-0.39, 0.29) is 12.1 Å². The van der Waals surface area contributed by atoms with Crippen molar-refractivity contribution >= 4 is 17.6 Å². The minimum absolute atomic E-state index is 0.0129. The van der Waals surface area contributed by atoms with Crippen LogP contribution in [-0.4, -0.2) is 33.2 Å². The minimum Gasteiger partial charge on any atom is -0.469 e. The monoisotopic (exact) mass is 366 g/mol. The molecule has 3 N–H and O–H groups in total. The first-order valence-electron chi connectivity index (χ1n) is 8.24. The number of nitrogens with zero attached hydrogens (tertiary/aromatic N) is 2. The molecule has 1 unspecified atom stereocenters. The molecule has 2 aromatic heterocycles. The molecule has 3 rings (SSSR count). The number of nitrogens with two attached hydrogens (primary N) is 1. The Labute approximate surface area is 155 Å². The van der Waals surface area contributed by atoms with Gasteiger partial charge in [0.05, 0.1) is 12.5 Å². The Morgan fingerprint density at radius 1 is 1.19 bits per heavy atom. The van der Waals surface area contributed by atoms with Crippen LogP contribution in [0.4, 0.5) is 0 Å². The molecular formula is C19H18N4O4. The van der Waals surface area contributed by atoms with Gasteiger partial charge in [0.15, 0.2) is 0 Å². The van der Waals surface area contributed by atoms with Crippen molar-refractivity contribution in [3.8, 4) is 5.69 Å². The van der Waals surface area contributed by atoms with Gasteiger partial charge in [-0.3, -0.25) is 19.0 Å². The summed E-state index contributed by atoms with van der Waals surface area (Å²) in [6, 6.07) is 11.4. The van der Waals surface area contributed by atoms with Crippen LogP contribution in [0.15, 0.2) is 59.3 Å². The lowest BCUT2D eigenvalue weighted by Gasteiger charge is -2.16. The summed E-state index contributed by atoms with van der Waals surface area (Å²) in [5.41, 5.74) is 6.11. The molecule has 3 aromatic rings. The van der Waals surface area contributed by atoms with Crippen LogP contribution >= 0.6 is 0 Å². The lowest BCUT2D eigenvalue weighted by molar-refractivity contribution is -0.137. The second kappa shape index (κ2) is 7.69. The molecule has 0 bridgehead atoms.